The lowest BCUT2D eigenvalue weighted by Gasteiger charge is -2.22. The van der Waals surface area contributed by atoms with E-state index in [-0.39, 0.29) is 11.9 Å². The summed E-state index contributed by atoms with van der Waals surface area (Å²) < 4.78 is 30.2. The van der Waals surface area contributed by atoms with Crippen LogP contribution in [0.3, 0.4) is 0 Å². The van der Waals surface area contributed by atoms with E-state index in [0.29, 0.717) is 11.4 Å². The third-order valence-corrected chi connectivity index (χ3v) is 6.82. The van der Waals surface area contributed by atoms with Crippen molar-refractivity contribution in [2.45, 2.75) is 51.7 Å². The molecule has 0 heterocycles. The average Bonchev–Trinajstić information content (AvgIpc) is 2.72. The molecule has 1 N–H and O–H groups in total. The molecule has 1 aliphatic rings. The van der Waals surface area contributed by atoms with Gasteiger partial charge in [-0.25, -0.2) is 8.42 Å². The largest absolute Gasteiger partial charge is 0.481 e. The van der Waals surface area contributed by atoms with Crippen LogP contribution in [-0.4, -0.2) is 33.7 Å². The Bertz CT molecular complexity index is 1000. The molecule has 162 valence electrons. The zero-order valence-corrected chi connectivity index (χ0v) is 18.8. The number of hydrogen-bond donors (Lipinski definition) is 1. The summed E-state index contributed by atoms with van der Waals surface area (Å²) in [4.78, 5) is 12.6. The predicted molar refractivity (Wildman–Crippen MR) is 119 cm³/mol. The van der Waals surface area contributed by atoms with Gasteiger partial charge in [-0.15, -0.1) is 0 Å². The molecule has 1 aliphatic carbocycles. The van der Waals surface area contributed by atoms with E-state index in [0.717, 1.165) is 24.7 Å². The second-order valence-electron chi connectivity index (χ2n) is 7.95. The highest BCUT2D eigenvalue weighted by Gasteiger charge is 2.19. The second-order valence-corrected chi connectivity index (χ2v) is 9.96. The SMILES string of the molecule is C[C@H](NC(=O)[C@@H](C)Oc1ccc(N(C)S(C)(=O)=O)cc1)c1ccc2c(c1)CCCC2. The molecule has 2 atom stereocenters. The van der Waals surface area contributed by atoms with Gasteiger partial charge in [-0.1, -0.05) is 18.2 Å². The zero-order valence-electron chi connectivity index (χ0n) is 18.0. The Balaban J connectivity index is 1.59. The number of hydrogen-bond acceptors (Lipinski definition) is 4. The summed E-state index contributed by atoms with van der Waals surface area (Å²) in [6.45, 7) is 3.68. The molecule has 1 amide bonds. The standard InChI is InChI=1S/C23H30N2O4S/c1-16(19-10-9-18-7-5-6-8-20(18)15-19)24-23(26)17(2)29-22-13-11-21(12-14-22)25(3)30(4,27)28/h9-17H,5-8H2,1-4H3,(H,24,26)/t16-,17+/m0/s1. The van der Waals surface area contributed by atoms with Gasteiger partial charge < -0.3 is 10.1 Å². The molecule has 0 saturated heterocycles. The van der Waals surface area contributed by atoms with E-state index in [9.17, 15) is 13.2 Å². The highest BCUT2D eigenvalue weighted by molar-refractivity contribution is 7.92. The van der Waals surface area contributed by atoms with Crippen LogP contribution in [0.2, 0.25) is 0 Å². The van der Waals surface area contributed by atoms with Crippen LogP contribution in [0, 0.1) is 0 Å². The first-order valence-electron chi connectivity index (χ1n) is 10.3. The van der Waals surface area contributed by atoms with E-state index >= 15 is 0 Å². The number of fused-ring (bicyclic) bond motifs is 1. The van der Waals surface area contributed by atoms with Crippen LogP contribution in [-0.2, 0) is 27.7 Å². The molecule has 0 unspecified atom stereocenters. The van der Waals surface area contributed by atoms with Gasteiger partial charge in [0, 0.05) is 7.05 Å². The lowest BCUT2D eigenvalue weighted by molar-refractivity contribution is -0.127. The number of sulfonamides is 1. The second kappa shape index (κ2) is 9.08. The Morgan fingerprint density at radius 2 is 1.67 bits per heavy atom. The van der Waals surface area contributed by atoms with Gasteiger partial charge in [0.05, 0.1) is 18.0 Å². The van der Waals surface area contributed by atoms with Gasteiger partial charge >= 0.3 is 0 Å². The Morgan fingerprint density at radius 3 is 2.30 bits per heavy atom. The fraction of sp³-hybridized carbons (Fsp3) is 0.435. The van der Waals surface area contributed by atoms with Gasteiger partial charge in [0.25, 0.3) is 5.91 Å². The van der Waals surface area contributed by atoms with Crippen molar-refractivity contribution in [3.05, 3.63) is 59.2 Å². The van der Waals surface area contributed by atoms with Crippen molar-refractivity contribution < 1.29 is 17.9 Å². The number of carbonyl (C=O) groups excluding carboxylic acids is 1. The molecule has 0 saturated carbocycles. The molecule has 30 heavy (non-hydrogen) atoms. The Hall–Kier alpha value is -2.54. The van der Waals surface area contributed by atoms with Crippen LogP contribution in [0.25, 0.3) is 0 Å². The fourth-order valence-corrected chi connectivity index (χ4v) is 4.13. The molecule has 0 aliphatic heterocycles. The van der Waals surface area contributed by atoms with Gasteiger partial charge in [0.15, 0.2) is 6.10 Å². The molecule has 0 aromatic heterocycles. The normalized spacial score (nSPS) is 15.6. The van der Waals surface area contributed by atoms with Crippen molar-refractivity contribution in [1.29, 1.82) is 0 Å². The Labute approximate surface area is 179 Å². The van der Waals surface area contributed by atoms with E-state index in [1.807, 2.05) is 6.92 Å². The number of benzene rings is 2. The average molecular weight is 431 g/mol. The number of anilines is 1. The minimum absolute atomic E-state index is 0.110. The van der Waals surface area contributed by atoms with Gasteiger partial charge in [-0.3, -0.25) is 9.10 Å². The summed E-state index contributed by atoms with van der Waals surface area (Å²) >= 11 is 0. The number of carbonyl (C=O) groups is 1. The Morgan fingerprint density at radius 1 is 1.03 bits per heavy atom. The summed E-state index contributed by atoms with van der Waals surface area (Å²) in [6, 6.07) is 13.0. The van der Waals surface area contributed by atoms with E-state index in [4.69, 9.17) is 4.74 Å². The maximum absolute atomic E-state index is 12.6. The predicted octanol–water partition coefficient (Wildman–Crippen LogP) is 3.61. The van der Waals surface area contributed by atoms with E-state index in [1.165, 1.54) is 35.3 Å². The number of amides is 1. The van der Waals surface area contributed by atoms with Crippen molar-refractivity contribution in [1.82, 2.24) is 5.32 Å². The van der Waals surface area contributed by atoms with Gasteiger partial charge in [0.2, 0.25) is 10.0 Å². The minimum atomic E-state index is -3.32. The zero-order chi connectivity index (χ0) is 21.9. The van der Waals surface area contributed by atoms with Crippen molar-refractivity contribution in [3.63, 3.8) is 0 Å². The highest BCUT2D eigenvalue weighted by Crippen LogP contribution is 2.25. The lowest BCUT2D eigenvalue weighted by atomic mass is 9.89. The van der Waals surface area contributed by atoms with Gasteiger partial charge in [0.1, 0.15) is 5.75 Å². The summed E-state index contributed by atoms with van der Waals surface area (Å²) in [7, 11) is -1.83. The monoisotopic (exact) mass is 430 g/mol. The molecule has 0 fully saturated rings. The third kappa shape index (κ3) is 5.33. The summed E-state index contributed by atoms with van der Waals surface area (Å²) in [5.74, 6) is 0.308. The van der Waals surface area contributed by atoms with Crippen molar-refractivity contribution >= 4 is 21.6 Å². The summed E-state index contributed by atoms with van der Waals surface area (Å²) in [5.41, 5.74) is 4.45. The van der Waals surface area contributed by atoms with Gasteiger partial charge in [-0.2, -0.15) is 0 Å². The third-order valence-electron chi connectivity index (χ3n) is 5.61. The number of aryl methyl sites for hydroxylation is 2. The smallest absolute Gasteiger partial charge is 0.261 e. The highest BCUT2D eigenvalue weighted by atomic mass is 32.2. The molecule has 2 aromatic rings. The molecule has 2 aromatic carbocycles. The lowest BCUT2D eigenvalue weighted by Crippen LogP contribution is -2.37. The van der Waals surface area contributed by atoms with Crippen LogP contribution in [0.1, 0.15) is 49.4 Å². The first-order valence-corrected chi connectivity index (χ1v) is 12.1. The first kappa shape index (κ1) is 22.2. The van der Waals surface area contributed by atoms with Crippen molar-refractivity contribution in [3.8, 4) is 5.75 Å². The number of ether oxygens (including phenoxy) is 1. The maximum atomic E-state index is 12.6. The maximum Gasteiger partial charge on any atom is 0.261 e. The fourth-order valence-electron chi connectivity index (χ4n) is 3.62. The number of nitrogens with one attached hydrogen (secondary N) is 1. The number of rotatable bonds is 7. The minimum Gasteiger partial charge on any atom is -0.481 e. The van der Waals surface area contributed by atoms with Crippen LogP contribution in [0.15, 0.2) is 42.5 Å². The molecule has 0 bridgehead atoms. The van der Waals surface area contributed by atoms with Crippen molar-refractivity contribution in [2.75, 3.05) is 17.6 Å². The molecule has 6 nitrogen and oxygen atoms in total. The molecule has 0 spiro atoms. The van der Waals surface area contributed by atoms with E-state index in [1.54, 1.807) is 31.2 Å². The van der Waals surface area contributed by atoms with E-state index < -0.39 is 16.1 Å². The summed E-state index contributed by atoms with van der Waals surface area (Å²) in [6.07, 6.45) is 5.19. The van der Waals surface area contributed by atoms with Crippen LogP contribution >= 0.6 is 0 Å². The van der Waals surface area contributed by atoms with Gasteiger partial charge in [-0.05, 0) is 80.5 Å². The van der Waals surface area contributed by atoms with Crippen molar-refractivity contribution in [2.24, 2.45) is 0 Å². The Kier molecular flexibility index (Phi) is 6.71. The molecule has 7 heteroatoms. The quantitative estimate of drug-likeness (QED) is 0.728. The van der Waals surface area contributed by atoms with Crippen LogP contribution in [0.4, 0.5) is 5.69 Å². The topological polar surface area (TPSA) is 75.7 Å². The molecule has 3 rings (SSSR count). The van der Waals surface area contributed by atoms with Crippen LogP contribution in [0.5, 0.6) is 5.75 Å². The first-order chi connectivity index (χ1) is 14.1. The van der Waals surface area contributed by atoms with E-state index in [2.05, 4.69) is 23.5 Å². The molecular weight excluding hydrogens is 400 g/mol. The molecular formula is C23H30N2O4S. The summed E-state index contributed by atoms with van der Waals surface area (Å²) in [5, 5.41) is 3.02. The van der Waals surface area contributed by atoms with Crippen LogP contribution < -0.4 is 14.4 Å². The molecule has 0 radical (unpaired) electrons. The number of nitrogens with zero attached hydrogens (tertiary/aromatic N) is 1.